The second-order valence-electron chi connectivity index (χ2n) is 6.66. The molecule has 0 fully saturated rings. The molecule has 4 rings (SSSR count). The molecule has 3 aromatic rings. The van der Waals surface area contributed by atoms with Crippen LogP contribution in [0, 0.1) is 20.8 Å². The number of benzene rings is 2. The number of nitrogens with zero attached hydrogens (tertiary/aromatic N) is 3. The first-order valence-electron chi connectivity index (χ1n) is 8.65. The third-order valence-electron chi connectivity index (χ3n) is 4.63. The number of nitrogens with one attached hydrogen (secondary N) is 1. The smallest absolute Gasteiger partial charge is 0.229 e. The van der Waals surface area contributed by atoms with E-state index in [1.165, 1.54) is 22.4 Å². The van der Waals surface area contributed by atoms with Crippen LogP contribution in [0.3, 0.4) is 0 Å². The average Bonchev–Trinajstić information content (AvgIpc) is 3.01. The molecule has 0 saturated heterocycles. The Morgan fingerprint density at radius 2 is 1.80 bits per heavy atom. The van der Waals surface area contributed by atoms with E-state index < -0.39 is 0 Å². The normalized spacial score (nSPS) is 13.0. The van der Waals surface area contributed by atoms with E-state index >= 15 is 0 Å². The van der Waals surface area contributed by atoms with E-state index in [1.807, 2.05) is 6.92 Å². The Hall–Kier alpha value is -2.88. The monoisotopic (exact) mass is 330 g/mol. The molecule has 2 heterocycles. The highest BCUT2D eigenvalue weighted by molar-refractivity contribution is 5.69. The van der Waals surface area contributed by atoms with Gasteiger partial charge in [-0.1, -0.05) is 35.9 Å². The third kappa shape index (κ3) is 3.07. The van der Waals surface area contributed by atoms with Crippen molar-refractivity contribution in [2.24, 2.45) is 0 Å². The van der Waals surface area contributed by atoms with Crippen LogP contribution in [-0.4, -0.2) is 16.5 Å². The standard InChI is InChI=1S/C21H22N4/c1-14-8-9-18(15(2)12-14)23-21-22-16(3)13-20(24-21)25-11-10-17-6-4-5-7-19(17)25/h4-9,12-13H,10-11H2,1-3H3,(H,22,23,24). The van der Waals surface area contributed by atoms with Gasteiger partial charge in [0, 0.05) is 29.7 Å². The summed E-state index contributed by atoms with van der Waals surface area (Å²) in [6.45, 7) is 7.17. The van der Waals surface area contributed by atoms with Crippen LogP contribution in [0.5, 0.6) is 0 Å². The highest BCUT2D eigenvalue weighted by atomic mass is 15.2. The zero-order valence-electron chi connectivity index (χ0n) is 14.9. The maximum atomic E-state index is 4.78. The minimum absolute atomic E-state index is 0.645. The zero-order chi connectivity index (χ0) is 17.4. The quantitative estimate of drug-likeness (QED) is 0.746. The first-order chi connectivity index (χ1) is 12.1. The molecule has 4 nitrogen and oxygen atoms in total. The zero-order valence-corrected chi connectivity index (χ0v) is 14.9. The lowest BCUT2D eigenvalue weighted by atomic mass is 10.1. The number of aryl methyl sites for hydroxylation is 3. The molecule has 0 unspecified atom stereocenters. The molecule has 0 bridgehead atoms. The molecule has 0 saturated carbocycles. The van der Waals surface area contributed by atoms with Crippen molar-refractivity contribution in [2.45, 2.75) is 27.2 Å². The number of hydrogen-bond acceptors (Lipinski definition) is 4. The van der Waals surface area contributed by atoms with Crippen molar-refractivity contribution in [3.8, 4) is 0 Å². The van der Waals surface area contributed by atoms with Crippen LogP contribution < -0.4 is 10.2 Å². The van der Waals surface area contributed by atoms with Gasteiger partial charge in [0.25, 0.3) is 0 Å². The molecule has 25 heavy (non-hydrogen) atoms. The van der Waals surface area contributed by atoms with Gasteiger partial charge in [0.05, 0.1) is 0 Å². The van der Waals surface area contributed by atoms with E-state index in [9.17, 15) is 0 Å². The number of rotatable bonds is 3. The molecular formula is C21H22N4. The van der Waals surface area contributed by atoms with Crippen LogP contribution in [0.25, 0.3) is 0 Å². The van der Waals surface area contributed by atoms with Crippen molar-refractivity contribution < 1.29 is 0 Å². The first kappa shape index (κ1) is 15.6. The minimum atomic E-state index is 0.645. The summed E-state index contributed by atoms with van der Waals surface area (Å²) in [5, 5.41) is 3.38. The Labute approximate surface area is 148 Å². The van der Waals surface area contributed by atoms with Crippen molar-refractivity contribution in [1.29, 1.82) is 0 Å². The Morgan fingerprint density at radius 3 is 2.64 bits per heavy atom. The molecule has 0 spiro atoms. The van der Waals surface area contributed by atoms with Gasteiger partial charge in [0.1, 0.15) is 5.82 Å². The average molecular weight is 330 g/mol. The molecule has 4 heteroatoms. The van der Waals surface area contributed by atoms with Gasteiger partial charge >= 0.3 is 0 Å². The molecule has 1 aliphatic heterocycles. The number of hydrogen-bond donors (Lipinski definition) is 1. The van der Waals surface area contributed by atoms with Crippen LogP contribution in [0.4, 0.5) is 23.1 Å². The van der Waals surface area contributed by atoms with Crippen molar-refractivity contribution in [3.05, 3.63) is 70.9 Å². The van der Waals surface area contributed by atoms with Crippen LogP contribution in [0.1, 0.15) is 22.4 Å². The molecular weight excluding hydrogens is 308 g/mol. The van der Waals surface area contributed by atoms with Crippen molar-refractivity contribution in [1.82, 2.24) is 9.97 Å². The number of fused-ring (bicyclic) bond motifs is 1. The van der Waals surface area contributed by atoms with Gasteiger partial charge in [-0.15, -0.1) is 0 Å². The molecule has 2 aromatic carbocycles. The molecule has 126 valence electrons. The fourth-order valence-corrected chi connectivity index (χ4v) is 3.40. The Bertz CT molecular complexity index is 933. The number of aromatic nitrogens is 2. The lowest BCUT2D eigenvalue weighted by molar-refractivity contribution is 0.959. The van der Waals surface area contributed by atoms with E-state index in [1.54, 1.807) is 0 Å². The predicted molar refractivity (Wildman–Crippen MR) is 103 cm³/mol. The molecule has 0 amide bonds. The van der Waals surface area contributed by atoms with Gasteiger partial charge in [0.2, 0.25) is 5.95 Å². The van der Waals surface area contributed by atoms with Gasteiger partial charge in [-0.05, 0) is 50.5 Å². The second kappa shape index (κ2) is 6.20. The van der Waals surface area contributed by atoms with Crippen LogP contribution >= 0.6 is 0 Å². The van der Waals surface area contributed by atoms with Crippen LogP contribution in [0.2, 0.25) is 0 Å². The van der Waals surface area contributed by atoms with Gasteiger partial charge in [0.15, 0.2) is 0 Å². The van der Waals surface area contributed by atoms with Gasteiger partial charge < -0.3 is 10.2 Å². The minimum Gasteiger partial charge on any atom is -0.326 e. The Balaban J connectivity index is 1.68. The van der Waals surface area contributed by atoms with Crippen molar-refractivity contribution in [3.63, 3.8) is 0 Å². The Morgan fingerprint density at radius 1 is 0.960 bits per heavy atom. The molecule has 1 N–H and O–H groups in total. The van der Waals surface area contributed by atoms with E-state index in [4.69, 9.17) is 4.98 Å². The number of para-hydroxylation sites is 1. The van der Waals surface area contributed by atoms with Crippen LogP contribution in [-0.2, 0) is 6.42 Å². The summed E-state index contributed by atoms with van der Waals surface area (Å²) in [7, 11) is 0. The van der Waals surface area contributed by atoms with Gasteiger partial charge in [-0.2, -0.15) is 4.98 Å². The summed E-state index contributed by atoms with van der Waals surface area (Å²) in [6, 6.07) is 16.9. The maximum absolute atomic E-state index is 4.78. The summed E-state index contributed by atoms with van der Waals surface area (Å²) in [6.07, 6.45) is 1.05. The molecule has 1 aliphatic rings. The SMILES string of the molecule is Cc1ccc(Nc2nc(C)cc(N3CCc4ccccc43)n2)c(C)c1. The van der Waals surface area contributed by atoms with Crippen molar-refractivity contribution in [2.75, 3.05) is 16.8 Å². The summed E-state index contributed by atoms with van der Waals surface area (Å²) in [4.78, 5) is 11.6. The summed E-state index contributed by atoms with van der Waals surface area (Å²) >= 11 is 0. The van der Waals surface area contributed by atoms with E-state index in [0.717, 1.165) is 30.2 Å². The maximum Gasteiger partial charge on any atom is 0.229 e. The second-order valence-corrected chi connectivity index (χ2v) is 6.66. The van der Waals surface area contributed by atoms with E-state index in [2.05, 4.69) is 77.6 Å². The molecule has 1 aromatic heterocycles. The van der Waals surface area contributed by atoms with Crippen molar-refractivity contribution >= 4 is 23.1 Å². The highest BCUT2D eigenvalue weighted by Crippen LogP contribution is 2.34. The lowest BCUT2D eigenvalue weighted by Crippen LogP contribution is -2.16. The third-order valence-corrected chi connectivity index (χ3v) is 4.63. The van der Waals surface area contributed by atoms with Gasteiger partial charge in [-0.25, -0.2) is 4.98 Å². The van der Waals surface area contributed by atoms with Gasteiger partial charge in [-0.3, -0.25) is 0 Å². The van der Waals surface area contributed by atoms with E-state index in [-0.39, 0.29) is 0 Å². The lowest BCUT2D eigenvalue weighted by Gasteiger charge is -2.20. The largest absolute Gasteiger partial charge is 0.326 e. The predicted octanol–water partition coefficient (Wildman–Crippen LogP) is 4.84. The highest BCUT2D eigenvalue weighted by Gasteiger charge is 2.21. The van der Waals surface area contributed by atoms with E-state index in [0.29, 0.717) is 5.95 Å². The number of anilines is 4. The molecule has 0 aliphatic carbocycles. The topological polar surface area (TPSA) is 41.1 Å². The summed E-state index contributed by atoms with van der Waals surface area (Å²) < 4.78 is 0. The van der Waals surface area contributed by atoms with Crippen LogP contribution in [0.15, 0.2) is 48.5 Å². The summed E-state index contributed by atoms with van der Waals surface area (Å²) in [5.74, 6) is 1.59. The molecule has 0 atom stereocenters. The first-order valence-corrected chi connectivity index (χ1v) is 8.65. The molecule has 0 radical (unpaired) electrons. The Kier molecular flexibility index (Phi) is 3.88. The fraction of sp³-hybridized carbons (Fsp3) is 0.238. The summed E-state index contributed by atoms with van der Waals surface area (Å²) in [5.41, 5.74) is 7.08. The fourth-order valence-electron chi connectivity index (χ4n) is 3.40.